The van der Waals surface area contributed by atoms with Gasteiger partial charge in [-0.25, -0.2) is 4.79 Å². The number of thiophene rings is 1. The van der Waals surface area contributed by atoms with Gasteiger partial charge in [0, 0.05) is 4.88 Å². The van der Waals surface area contributed by atoms with Crippen LogP contribution < -0.4 is 5.32 Å². The Labute approximate surface area is 167 Å². The van der Waals surface area contributed by atoms with Crippen LogP contribution in [0.4, 0.5) is 5.00 Å². The van der Waals surface area contributed by atoms with Gasteiger partial charge >= 0.3 is 11.9 Å². The van der Waals surface area contributed by atoms with Crippen molar-refractivity contribution in [2.24, 2.45) is 11.8 Å². The Balaban J connectivity index is 1.63. The number of hydrogen-bond donors (Lipinski definition) is 2. The molecule has 7 nitrogen and oxygen atoms in total. The average Bonchev–Trinajstić information content (AvgIpc) is 3.34. The molecule has 1 aromatic heterocycles. The smallest absolute Gasteiger partial charge is 0.341 e. The van der Waals surface area contributed by atoms with Gasteiger partial charge < -0.3 is 19.9 Å². The third-order valence-corrected chi connectivity index (χ3v) is 7.37. The maximum absolute atomic E-state index is 13.0. The fourth-order valence-electron chi connectivity index (χ4n) is 4.85. The van der Waals surface area contributed by atoms with E-state index in [0.717, 1.165) is 49.0 Å². The molecule has 0 unspecified atom stereocenters. The van der Waals surface area contributed by atoms with Crippen LogP contribution in [0.1, 0.15) is 59.3 Å². The van der Waals surface area contributed by atoms with Crippen LogP contribution in [0.25, 0.3) is 0 Å². The molecule has 1 aromatic rings. The number of carbonyl (C=O) groups excluding carboxylic acids is 2. The van der Waals surface area contributed by atoms with Crippen LogP contribution in [0.15, 0.2) is 0 Å². The number of nitrogens with one attached hydrogen (secondary N) is 1. The third-order valence-electron chi connectivity index (χ3n) is 6.16. The van der Waals surface area contributed by atoms with Crippen molar-refractivity contribution in [1.29, 1.82) is 0 Å². The van der Waals surface area contributed by atoms with E-state index in [2.05, 4.69) is 5.32 Å². The fraction of sp³-hybridized carbons (Fsp3) is 0.650. The first kappa shape index (κ1) is 19.4. The van der Waals surface area contributed by atoms with Gasteiger partial charge in [-0.3, -0.25) is 9.59 Å². The third kappa shape index (κ3) is 3.33. The van der Waals surface area contributed by atoms with E-state index in [1.807, 2.05) is 0 Å². The predicted molar refractivity (Wildman–Crippen MR) is 103 cm³/mol. The number of rotatable bonds is 4. The highest BCUT2D eigenvalue weighted by molar-refractivity contribution is 7.17. The van der Waals surface area contributed by atoms with Crippen LogP contribution in [0, 0.1) is 11.8 Å². The molecule has 0 radical (unpaired) electrons. The molecule has 2 aliphatic heterocycles. The summed E-state index contributed by atoms with van der Waals surface area (Å²) in [6.07, 6.45) is 6.62. The molecule has 2 N–H and O–H groups in total. The zero-order valence-electron chi connectivity index (χ0n) is 15.9. The lowest BCUT2D eigenvalue weighted by molar-refractivity contribution is -0.147. The van der Waals surface area contributed by atoms with E-state index in [9.17, 15) is 19.5 Å². The summed E-state index contributed by atoms with van der Waals surface area (Å²) in [5.74, 6) is -3.39. The van der Waals surface area contributed by atoms with Crippen molar-refractivity contribution in [3.8, 4) is 0 Å². The molecule has 3 heterocycles. The number of hydrogen-bond acceptors (Lipinski definition) is 6. The first-order valence-corrected chi connectivity index (χ1v) is 10.7. The second kappa shape index (κ2) is 7.83. The predicted octanol–water partition coefficient (Wildman–Crippen LogP) is 3.01. The topological polar surface area (TPSA) is 102 Å². The molecule has 3 aliphatic rings. The summed E-state index contributed by atoms with van der Waals surface area (Å²) >= 11 is 1.42. The number of fused-ring (bicyclic) bond motifs is 3. The van der Waals surface area contributed by atoms with E-state index in [1.165, 1.54) is 18.4 Å². The molecule has 4 rings (SSSR count). The molecule has 2 fully saturated rings. The van der Waals surface area contributed by atoms with Gasteiger partial charge in [-0.05, 0) is 44.1 Å². The van der Waals surface area contributed by atoms with Gasteiger partial charge in [0.1, 0.15) is 5.00 Å². The van der Waals surface area contributed by atoms with Crippen LogP contribution in [-0.2, 0) is 31.9 Å². The maximum atomic E-state index is 13.0. The molecule has 0 saturated carbocycles. The van der Waals surface area contributed by atoms with E-state index >= 15 is 0 Å². The normalized spacial score (nSPS) is 28.9. The van der Waals surface area contributed by atoms with Crippen molar-refractivity contribution in [2.75, 3.05) is 12.4 Å². The molecule has 1 aliphatic carbocycles. The van der Waals surface area contributed by atoms with Gasteiger partial charge in [0.25, 0.3) is 0 Å². The summed E-state index contributed by atoms with van der Waals surface area (Å²) in [5.41, 5.74) is 1.42. The molecule has 8 heteroatoms. The molecular weight excluding hydrogens is 382 g/mol. The molecule has 0 aromatic carbocycles. The molecule has 0 spiro atoms. The summed E-state index contributed by atoms with van der Waals surface area (Å²) in [4.78, 5) is 38.3. The number of esters is 1. The standard InChI is InChI=1S/C20H25NO6S/c1-26-20(25)14-10-6-4-2-3-5-7-13(10)28-18(14)21-17(22)15-11-8-9-12(27-11)16(15)19(23)24/h11-12,15-16H,2-9H2,1H3,(H,21,22)(H,23,24)/t11-,12+,15+,16+/m1/s1. The number of aryl methyl sites for hydroxylation is 1. The number of ether oxygens (including phenoxy) is 2. The monoisotopic (exact) mass is 407 g/mol. The summed E-state index contributed by atoms with van der Waals surface area (Å²) in [7, 11) is 1.34. The van der Waals surface area contributed by atoms with Crippen LogP contribution in [0.2, 0.25) is 0 Å². The first-order chi connectivity index (χ1) is 13.5. The van der Waals surface area contributed by atoms with Crippen molar-refractivity contribution >= 4 is 34.2 Å². The Morgan fingerprint density at radius 1 is 1.07 bits per heavy atom. The summed E-state index contributed by atoms with van der Waals surface area (Å²) in [6.45, 7) is 0. The van der Waals surface area contributed by atoms with E-state index in [1.54, 1.807) is 0 Å². The zero-order chi connectivity index (χ0) is 19.8. The lowest BCUT2D eigenvalue weighted by atomic mass is 9.78. The van der Waals surface area contributed by atoms with Crippen molar-refractivity contribution in [1.82, 2.24) is 0 Å². The van der Waals surface area contributed by atoms with Crippen molar-refractivity contribution in [3.63, 3.8) is 0 Å². The minimum Gasteiger partial charge on any atom is -0.481 e. The Morgan fingerprint density at radius 2 is 1.75 bits per heavy atom. The summed E-state index contributed by atoms with van der Waals surface area (Å²) in [5, 5.41) is 12.9. The van der Waals surface area contributed by atoms with E-state index < -0.39 is 29.9 Å². The largest absolute Gasteiger partial charge is 0.481 e. The summed E-state index contributed by atoms with van der Waals surface area (Å²) < 4.78 is 10.7. The van der Waals surface area contributed by atoms with E-state index in [4.69, 9.17) is 9.47 Å². The highest BCUT2D eigenvalue weighted by Crippen LogP contribution is 2.45. The molecule has 2 saturated heterocycles. The van der Waals surface area contributed by atoms with Crippen molar-refractivity contribution in [3.05, 3.63) is 16.0 Å². The Hall–Kier alpha value is -1.93. The Morgan fingerprint density at radius 3 is 2.43 bits per heavy atom. The maximum Gasteiger partial charge on any atom is 0.341 e. The number of carboxylic acid groups (broad SMARTS) is 1. The second-order valence-corrected chi connectivity index (χ2v) is 8.89. The molecule has 1 amide bonds. The van der Waals surface area contributed by atoms with Gasteiger partial charge in [0.15, 0.2) is 0 Å². The van der Waals surface area contributed by atoms with Gasteiger partial charge in [-0.1, -0.05) is 12.8 Å². The van der Waals surface area contributed by atoms with Crippen molar-refractivity contribution in [2.45, 2.75) is 63.6 Å². The van der Waals surface area contributed by atoms with E-state index in [-0.39, 0.29) is 12.0 Å². The molecule has 4 atom stereocenters. The number of methoxy groups -OCH3 is 1. The quantitative estimate of drug-likeness (QED) is 0.744. The van der Waals surface area contributed by atoms with Gasteiger partial charge in [-0.2, -0.15) is 0 Å². The highest BCUT2D eigenvalue weighted by Gasteiger charge is 2.55. The SMILES string of the molecule is COC(=O)c1c(NC(=O)[C@@H]2[C@@H](C(=O)O)[C@@H]3CC[C@H]2O3)sc2c1CCCCCC2. The number of amides is 1. The average molecular weight is 407 g/mol. The molecule has 2 bridgehead atoms. The number of carboxylic acids is 1. The minimum absolute atomic E-state index is 0.367. The van der Waals surface area contributed by atoms with E-state index in [0.29, 0.717) is 23.4 Å². The number of carbonyl (C=O) groups is 3. The Bertz CT molecular complexity index is 803. The first-order valence-electron chi connectivity index (χ1n) is 9.93. The van der Waals surface area contributed by atoms with Gasteiger partial charge in [-0.15, -0.1) is 11.3 Å². The highest BCUT2D eigenvalue weighted by atomic mass is 32.1. The van der Waals surface area contributed by atoms with Gasteiger partial charge in [0.05, 0.1) is 36.7 Å². The van der Waals surface area contributed by atoms with Crippen molar-refractivity contribution < 1.29 is 29.0 Å². The fourth-order valence-corrected chi connectivity index (χ4v) is 6.13. The number of anilines is 1. The van der Waals surface area contributed by atoms with Gasteiger partial charge in [0.2, 0.25) is 5.91 Å². The lowest BCUT2D eigenvalue weighted by Crippen LogP contribution is -2.41. The summed E-state index contributed by atoms with van der Waals surface area (Å²) in [6, 6.07) is 0. The second-order valence-electron chi connectivity index (χ2n) is 7.78. The number of aliphatic carboxylic acids is 1. The molecule has 152 valence electrons. The van der Waals surface area contributed by atoms with Crippen LogP contribution in [0.3, 0.4) is 0 Å². The van der Waals surface area contributed by atoms with Crippen LogP contribution in [-0.4, -0.2) is 42.3 Å². The molecular formula is C20H25NO6S. The van der Waals surface area contributed by atoms with Crippen LogP contribution >= 0.6 is 11.3 Å². The lowest BCUT2D eigenvalue weighted by Gasteiger charge is -2.23. The molecule has 28 heavy (non-hydrogen) atoms. The Kier molecular flexibility index (Phi) is 5.42. The zero-order valence-corrected chi connectivity index (χ0v) is 16.7. The minimum atomic E-state index is -1.00. The van der Waals surface area contributed by atoms with Crippen LogP contribution in [0.5, 0.6) is 0 Å².